The van der Waals surface area contributed by atoms with Gasteiger partial charge in [0, 0.05) is 12.7 Å². The van der Waals surface area contributed by atoms with Gasteiger partial charge in [0.2, 0.25) is 0 Å². The summed E-state index contributed by atoms with van der Waals surface area (Å²) in [6.45, 7) is 7.19. The molecule has 0 aliphatic carbocycles. The van der Waals surface area contributed by atoms with Gasteiger partial charge >= 0.3 is 0 Å². The molecule has 1 N–H and O–H groups in total. The molecule has 0 radical (unpaired) electrons. The van der Waals surface area contributed by atoms with Gasteiger partial charge in [-0.25, -0.2) is 4.98 Å². The number of nitrogens with one attached hydrogen (secondary N) is 1. The van der Waals surface area contributed by atoms with Gasteiger partial charge in [0.05, 0.1) is 23.3 Å². The van der Waals surface area contributed by atoms with Crippen LogP contribution in [-0.4, -0.2) is 31.1 Å². The number of carbonyl (C=O) groups excluding carboxylic acids is 1. The molecule has 1 aliphatic rings. The molecule has 35 heavy (non-hydrogen) atoms. The average molecular weight is 511 g/mol. The van der Waals surface area contributed by atoms with Gasteiger partial charge in [-0.3, -0.25) is 18.9 Å². The Morgan fingerprint density at radius 2 is 2.09 bits per heavy atom. The van der Waals surface area contributed by atoms with Crippen molar-refractivity contribution >= 4 is 51.7 Å². The average Bonchev–Trinajstić information content (AvgIpc) is 3.46. The quantitative estimate of drug-likeness (QED) is 0.280. The zero-order valence-electron chi connectivity index (χ0n) is 20.2. The summed E-state index contributed by atoms with van der Waals surface area (Å²) >= 11 is 6.80. The van der Waals surface area contributed by atoms with E-state index in [0.717, 1.165) is 31.2 Å². The number of furan rings is 1. The number of aryl methyl sites for hydroxylation is 1. The predicted molar refractivity (Wildman–Crippen MR) is 145 cm³/mol. The van der Waals surface area contributed by atoms with Crippen LogP contribution >= 0.6 is 24.0 Å². The van der Waals surface area contributed by atoms with Gasteiger partial charge in [0.25, 0.3) is 11.5 Å². The molecule has 0 aromatic carbocycles. The van der Waals surface area contributed by atoms with E-state index in [9.17, 15) is 9.59 Å². The minimum Gasteiger partial charge on any atom is -0.467 e. The Labute approximate surface area is 214 Å². The molecule has 0 spiro atoms. The lowest BCUT2D eigenvalue weighted by atomic mass is 9.99. The van der Waals surface area contributed by atoms with Crippen LogP contribution in [0.1, 0.15) is 56.4 Å². The number of aromatic nitrogens is 2. The number of amides is 1. The highest BCUT2D eigenvalue weighted by Crippen LogP contribution is 2.34. The lowest BCUT2D eigenvalue weighted by Gasteiger charge is -2.21. The summed E-state index contributed by atoms with van der Waals surface area (Å²) in [5.74, 6) is 1.37. The van der Waals surface area contributed by atoms with Crippen LogP contribution in [-0.2, 0) is 11.3 Å². The van der Waals surface area contributed by atoms with Crippen LogP contribution in [0.4, 0.5) is 5.82 Å². The first-order valence-electron chi connectivity index (χ1n) is 12.0. The zero-order chi connectivity index (χ0) is 24.9. The maximum absolute atomic E-state index is 13.5. The van der Waals surface area contributed by atoms with Crippen molar-refractivity contribution < 1.29 is 9.21 Å². The Balaban J connectivity index is 1.70. The normalized spacial score (nSPS) is 16.0. The fraction of sp³-hybridized carbons (Fsp3) is 0.385. The van der Waals surface area contributed by atoms with Crippen molar-refractivity contribution in [2.45, 2.75) is 53.0 Å². The van der Waals surface area contributed by atoms with Gasteiger partial charge in [-0.05, 0) is 49.1 Å². The van der Waals surface area contributed by atoms with E-state index in [4.69, 9.17) is 21.6 Å². The van der Waals surface area contributed by atoms with E-state index < -0.39 is 0 Å². The molecule has 3 aromatic heterocycles. The van der Waals surface area contributed by atoms with Gasteiger partial charge in [-0.1, -0.05) is 63.2 Å². The molecule has 1 saturated heterocycles. The molecule has 4 rings (SSSR count). The summed E-state index contributed by atoms with van der Waals surface area (Å²) in [4.78, 5) is 33.7. The smallest absolute Gasteiger partial charge is 0.267 e. The molecule has 7 nitrogen and oxygen atoms in total. The van der Waals surface area contributed by atoms with E-state index in [1.54, 1.807) is 29.5 Å². The molecule has 184 valence electrons. The number of carbonyl (C=O) groups is 1. The third-order valence-corrected chi connectivity index (χ3v) is 7.61. The molecule has 1 fully saturated rings. The number of hydrogen-bond donors (Lipinski definition) is 1. The van der Waals surface area contributed by atoms with Gasteiger partial charge in [0.1, 0.15) is 21.5 Å². The Morgan fingerprint density at radius 3 is 2.80 bits per heavy atom. The summed E-state index contributed by atoms with van der Waals surface area (Å²) < 4.78 is 7.46. The van der Waals surface area contributed by atoms with E-state index >= 15 is 0 Å². The lowest BCUT2D eigenvalue weighted by Crippen LogP contribution is -2.33. The van der Waals surface area contributed by atoms with Crippen LogP contribution in [0.25, 0.3) is 11.7 Å². The number of unbranched alkanes of at least 4 members (excludes halogenated alkanes) is 1. The number of rotatable bonds is 10. The van der Waals surface area contributed by atoms with Crippen molar-refractivity contribution in [3.05, 3.63) is 68.9 Å². The fourth-order valence-electron chi connectivity index (χ4n) is 4.12. The van der Waals surface area contributed by atoms with E-state index in [2.05, 4.69) is 19.2 Å². The highest BCUT2D eigenvalue weighted by molar-refractivity contribution is 8.26. The Hall–Kier alpha value is -2.91. The molecule has 1 amide bonds. The summed E-state index contributed by atoms with van der Waals surface area (Å²) in [6, 6.07) is 7.37. The third-order valence-electron chi connectivity index (χ3n) is 6.23. The van der Waals surface area contributed by atoms with Crippen LogP contribution < -0.4 is 10.9 Å². The number of nitrogens with zero attached hydrogens (tertiary/aromatic N) is 3. The second-order valence-electron chi connectivity index (χ2n) is 8.71. The molecule has 4 heterocycles. The fourth-order valence-corrected chi connectivity index (χ4v) is 5.38. The largest absolute Gasteiger partial charge is 0.467 e. The molecule has 1 atom stereocenters. The molecule has 1 aliphatic heterocycles. The van der Waals surface area contributed by atoms with Crippen molar-refractivity contribution in [1.82, 2.24) is 14.3 Å². The Kier molecular flexibility index (Phi) is 8.07. The number of hydrogen-bond acceptors (Lipinski definition) is 7. The van der Waals surface area contributed by atoms with E-state index in [-0.39, 0.29) is 11.5 Å². The number of anilines is 1. The summed E-state index contributed by atoms with van der Waals surface area (Å²) in [7, 11) is 0. The van der Waals surface area contributed by atoms with Crippen molar-refractivity contribution in [3.63, 3.8) is 0 Å². The summed E-state index contributed by atoms with van der Waals surface area (Å²) in [6.07, 6.45) is 9.23. The summed E-state index contributed by atoms with van der Waals surface area (Å²) in [5.41, 5.74) is 1.51. The molecular weight excluding hydrogens is 480 g/mol. The predicted octanol–water partition coefficient (Wildman–Crippen LogP) is 5.63. The van der Waals surface area contributed by atoms with Crippen LogP contribution in [0.15, 0.2) is 50.8 Å². The minimum absolute atomic E-state index is 0.152. The van der Waals surface area contributed by atoms with Crippen LogP contribution in [0.5, 0.6) is 0 Å². The van der Waals surface area contributed by atoms with Crippen molar-refractivity contribution in [1.29, 1.82) is 0 Å². The SMILES string of the molecule is CCCCC(CC)CN1C(=O)/C(=C\c2c(NCc3ccco3)nc3c(C)cccn3c2=O)SC1=S. The summed E-state index contributed by atoms with van der Waals surface area (Å²) in [5, 5.41) is 3.22. The topological polar surface area (TPSA) is 79.8 Å². The van der Waals surface area contributed by atoms with E-state index in [1.165, 1.54) is 16.2 Å². The molecular formula is C26H30N4O3S2. The first kappa shape index (κ1) is 25.2. The number of fused-ring (bicyclic) bond motifs is 1. The van der Waals surface area contributed by atoms with Crippen LogP contribution in [0.3, 0.4) is 0 Å². The third kappa shape index (κ3) is 5.51. The first-order valence-corrected chi connectivity index (χ1v) is 13.2. The van der Waals surface area contributed by atoms with Crippen LogP contribution in [0.2, 0.25) is 0 Å². The van der Waals surface area contributed by atoms with E-state index in [1.807, 2.05) is 25.1 Å². The molecule has 1 unspecified atom stereocenters. The van der Waals surface area contributed by atoms with Gasteiger partial charge in [0.15, 0.2) is 0 Å². The number of thioether (sulfide) groups is 1. The van der Waals surface area contributed by atoms with Gasteiger partial charge in [-0.15, -0.1) is 0 Å². The first-order chi connectivity index (χ1) is 16.9. The van der Waals surface area contributed by atoms with Gasteiger partial charge in [-0.2, -0.15) is 0 Å². The lowest BCUT2D eigenvalue weighted by molar-refractivity contribution is -0.122. The Morgan fingerprint density at radius 1 is 1.26 bits per heavy atom. The molecule has 9 heteroatoms. The van der Waals surface area contributed by atoms with Crippen molar-refractivity contribution in [3.8, 4) is 0 Å². The zero-order valence-corrected chi connectivity index (χ0v) is 21.9. The second kappa shape index (κ2) is 11.2. The second-order valence-corrected chi connectivity index (χ2v) is 10.4. The number of pyridine rings is 1. The minimum atomic E-state index is -0.250. The highest BCUT2D eigenvalue weighted by Gasteiger charge is 2.33. The van der Waals surface area contributed by atoms with E-state index in [0.29, 0.717) is 51.0 Å². The van der Waals surface area contributed by atoms with Crippen molar-refractivity contribution in [2.24, 2.45) is 5.92 Å². The monoisotopic (exact) mass is 510 g/mol. The maximum atomic E-state index is 13.5. The standard InChI is InChI=1S/C26H30N4O3S2/c1-4-6-10-18(5-2)16-30-25(32)21(35-26(30)34)14-20-22(27-15-19-11-8-13-33-19)28-23-17(3)9-7-12-29(23)24(20)31/h7-9,11-14,18,27H,4-6,10,15-16H2,1-3H3/b21-14+. The Bertz CT molecular complexity index is 1310. The number of thiocarbonyl (C=S) groups is 1. The van der Waals surface area contributed by atoms with Crippen LogP contribution in [0, 0.1) is 12.8 Å². The molecule has 0 bridgehead atoms. The van der Waals surface area contributed by atoms with Gasteiger partial charge < -0.3 is 9.73 Å². The highest BCUT2D eigenvalue weighted by atomic mass is 32.2. The molecule has 0 saturated carbocycles. The molecule has 3 aromatic rings. The van der Waals surface area contributed by atoms with Crippen molar-refractivity contribution in [2.75, 3.05) is 11.9 Å². The maximum Gasteiger partial charge on any atom is 0.267 e.